The number of ether oxygens (including phenoxy) is 1. The lowest BCUT2D eigenvalue weighted by molar-refractivity contribution is 0.102. The molecule has 4 rings (SSSR count). The molecule has 0 aliphatic carbocycles. The first-order chi connectivity index (χ1) is 13.2. The van der Waals surface area contributed by atoms with E-state index in [4.69, 9.17) is 10.5 Å². The van der Waals surface area contributed by atoms with Crippen molar-refractivity contribution in [2.24, 2.45) is 0 Å². The first-order valence-corrected chi connectivity index (χ1v) is 9.62. The van der Waals surface area contributed by atoms with Crippen LogP contribution in [0.1, 0.15) is 10.4 Å². The maximum absolute atomic E-state index is 12.6. The van der Waals surface area contributed by atoms with E-state index < -0.39 is 0 Å². The normalized spacial score (nSPS) is 14.1. The molecule has 0 atom stereocenters. The van der Waals surface area contributed by atoms with Crippen LogP contribution >= 0.6 is 11.3 Å². The van der Waals surface area contributed by atoms with Crippen molar-refractivity contribution >= 4 is 34.4 Å². The second-order valence-electron chi connectivity index (χ2n) is 6.24. The van der Waals surface area contributed by atoms with Crippen molar-refractivity contribution in [2.45, 2.75) is 0 Å². The molecule has 0 bridgehead atoms. The van der Waals surface area contributed by atoms with Crippen LogP contribution in [0.25, 0.3) is 10.4 Å². The lowest BCUT2D eigenvalue weighted by Gasteiger charge is -2.27. The van der Waals surface area contributed by atoms with Gasteiger partial charge in [0.15, 0.2) is 0 Å². The minimum atomic E-state index is -0.231. The second-order valence-corrected chi connectivity index (χ2v) is 7.19. The Bertz CT molecular complexity index is 920. The third-order valence-electron chi connectivity index (χ3n) is 4.45. The summed E-state index contributed by atoms with van der Waals surface area (Å²) < 4.78 is 5.35. The smallest absolute Gasteiger partial charge is 0.257 e. The average Bonchev–Trinajstić information content (AvgIpc) is 3.25. The van der Waals surface area contributed by atoms with Crippen molar-refractivity contribution in [1.29, 1.82) is 0 Å². The molecule has 1 saturated heterocycles. The number of hydrogen-bond donors (Lipinski definition) is 2. The first-order valence-electron chi connectivity index (χ1n) is 8.74. The Labute approximate surface area is 161 Å². The number of amides is 1. The zero-order chi connectivity index (χ0) is 18.6. The molecule has 0 saturated carbocycles. The van der Waals surface area contributed by atoms with Gasteiger partial charge in [0, 0.05) is 24.2 Å². The van der Waals surface area contributed by atoms with Crippen LogP contribution in [0.4, 0.5) is 17.2 Å². The molecule has 3 N–H and O–H groups in total. The highest BCUT2D eigenvalue weighted by Gasteiger charge is 2.14. The van der Waals surface area contributed by atoms with E-state index in [1.165, 1.54) is 0 Å². The summed E-state index contributed by atoms with van der Waals surface area (Å²) in [5.74, 6) is 0.625. The summed E-state index contributed by atoms with van der Waals surface area (Å²) in [7, 11) is 0. The first kappa shape index (κ1) is 17.5. The Morgan fingerprint density at radius 1 is 1.19 bits per heavy atom. The zero-order valence-electron chi connectivity index (χ0n) is 14.7. The van der Waals surface area contributed by atoms with Crippen molar-refractivity contribution in [3.8, 4) is 10.4 Å². The minimum Gasteiger partial charge on any atom is -0.397 e. The summed E-state index contributed by atoms with van der Waals surface area (Å²) in [4.78, 5) is 20.3. The van der Waals surface area contributed by atoms with Gasteiger partial charge in [-0.05, 0) is 41.3 Å². The SMILES string of the molecule is Nc1ccc(-c2cccs2)cc1NC(=O)c1ccc(N2CCOCC2)nc1. The fraction of sp³-hybridized carbons (Fsp3) is 0.200. The van der Waals surface area contributed by atoms with Gasteiger partial charge in [-0.2, -0.15) is 0 Å². The predicted molar refractivity (Wildman–Crippen MR) is 109 cm³/mol. The Hall–Kier alpha value is -2.90. The lowest BCUT2D eigenvalue weighted by Crippen LogP contribution is -2.36. The van der Waals surface area contributed by atoms with E-state index in [9.17, 15) is 4.79 Å². The molecule has 3 aromatic rings. The third-order valence-corrected chi connectivity index (χ3v) is 5.37. The molecule has 3 heterocycles. The Morgan fingerprint density at radius 2 is 2.04 bits per heavy atom. The molecule has 1 aliphatic heterocycles. The summed E-state index contributed by atoms with van der Waals surface area (Å²) in [6.45, 7) is 3.02. The van der Waals surface area contributed by atoms with Crippen LogP contribution in [0.3, 0.4) is 0 Å². The van der Waals surface area contributed by atoms with Gasteiger partial charge < -0.3 is 20.7 Å². The van der Waals surface area contributed by atoms with Gasteiger partial charge in [-0.3, -0.25) is 4.79 Å². The van der Waals surface area contributed by atoms with Crippen LogP contribution in [0.2, 0.25) is 0 Å². The van der Waals surface area contributed by atoms with E-state index in [1.807, 2.05) is 41.8 Å². The fourth-order valence-electron chi connectivity index (χ4n) is 2.95. The van der Waals surface area contributed by atoms with Gasteiger partial charge in [-0.25, -0.2) is 4.98 Å². The molecule has 0 spiro atoms. The molecule has 1 fully saturated rings. The van der Waals surface area contributed by atoms with E-state index in [0.717, 1.165) is 29.3 Å². The van der Waals surface area contributed by atoms with Crippen molar-refractivity contribution in [1.82, 2.24) is 4.98 Å². The number of benzene rings is 1. The number of anilines is 3. The van der Waals surface area contributed by atoms with Crippen LogP contribution in [-0.4, -0.2) is 37.2 Å². The maximum Gasteiger partial charge on any atom is 0.257 e. The number of thiophene rings is 1. The number of hydrogen-bond acceptors (Lipinski definition) is 6. The number of nitrogen functional groups attached to an aromatic ring is 1. The van der Waals surface area contributed by atoms with Gasteiger partial charge in [0.25, 0.3) is 5.91 Å². The largest absolute Gasteiger partial charge is 0.397 e. The van der Waals surface area contributed by atoms with Gasteiger partial charge in [-0.15, -0.1) is 11.3 Å². The standard InChI is InChI=1S/C20H20N4O2S/c21-16-5-3-14(18-2-1-11-27-18)12-17(16)23-20(25)15-4-6-19(22-13-15)24-7-9-26-10-8-24/h1-6,11-13H,7-10,21H2,(H,23,25). The topological polar surface area (TPSA) is 80.5 Å². The summed E-state index contributed by atoms with van der Waals surface area (Å²) >= 11 is 1.64. The molecule has 27 heavy (non-hydrogen) atoms. The number of aromatic nitrogens is 1. The highest BCUT2D eigenvalue weighted by atomic mass is 32.1. The zero-order valence-corrected chi connectivity index (χ0v) is 15.5. The summed E-state index contributed by atoms with van der Waals surface area (Å²) in [5, 5.41) is 4.91. The molecule has 2 aromatic heterocycles. The minimum absolute atomic E-state index is 0.231. The van der Waals surface area contributed by atoms with Crippen LogP contribution in [0.15, 0.2) is 54.0 Å². The molecule has 6 nitrogen and oxygen atoms in total. The molecule has 1 aromatic carbocycles. The van der Waals surface area contributed by atoms with Crippen molar-refractivity contribution in [3.05, 3.63) is 59.6 Å². The molecule has 7 heteroatoms. The van der Waals surface area contributed by atoms with Gasteiger partial charge in [0.05, 0.1) is 30.2 Å². The van der Waals surface area contributed by atoms with Gasteiger partial charge in [0.2, 0.25) is 0 Å². The second kappa shape index (κ2) is 7.77. The van der Waals surface area contributed by atoms with Gasteiger partial charge in [-0.1, -0.05) is 12.1 Å². The molecular formula is C20H20N4O2S. The number of nitrogens with one attached hydrogen (secondary N) is 1. The number of nitrogens with zero attached hydrogens (tertiary/aromatic N) is 2. The number of rotatable bonds is 4. The summed E-state index contributed by atoms with van der Waals surface area (Å²) in [6, 6.07) is 13.3. The van der Waals surface area contributed by atoms with E-state index >= 15 is 0 Å². The predicted octanol–water partition coefficient (Wildman–Crippen LogP) is 3.48. The van der Waals surface area contributed by atoms with E-state index in [1.54, 1.807) is 23.6 Å². The van der Waals surface area contributed by atoms with Crippen molar-refractivity contribution in [3.63, 3.8) is 0 Å². The van der Waals surface area contributed by atoms with Crippen LogP contribution in [0.5, 0.6) is 0 Å². The monoisotopic (exact) mass is 380 g/mol. The lowest BCUT2D eigenvalue weighted by atomic mass is 10.1. The van der Waals surface area contributed by atoms with Crippen molar-refractivity contribution < 1.29 is 9.53 Å². The molecule has 0 radical (unpaired) electrons. The maximum atomic E-state index is 12.6. The average molecular weight is 380 g/mol. The molecule has 1 amide bonds. The van der Waals surface area contributed by atoms with Gasteiger partial charge >= 0.3 is 0 Å². The Balaban J connectivity index is 1.49. The molecule has 0 unspecified atom stereocenters. The molecular weight excluding hydrogens is 360 g/mol. The highest BCUT2D eigenvalue weighted by molar-refractivity contribution is 7.13. The van der Waals surface area contributed by atoms with Crippen molar-refractivity contribution in [2.75, 3.05) is 42.3 Å². The van der Waals surface area contributed by atoms with E-state index in [0.29, 0.717) is 30.2 Å². The number of morpholine rings is 1. The Morgan fingerprint density at radius 3 is 2.74 bits per heavy atom. The van der Waals surface area contributed by atoms with Crippen LogP contribution < -0.4 is 16.0 Å². The fourth-order valence-corrected chi connectivity index (χ4v) is 3.68. The quantitative estimate of drug-likeness (QED) is 0.678. The number of pyridine rings is 1. The Kier molecular flexibility index (Phi) is 5.04. The summed E-state index contributed by atoms with van der Waals surface area (Å²) in [5.41, 5.74) is 8.69. The van der Waals surface area contributed by atoms with E-state index in [-0.39, 0.29) is 5.91 Å². The number of carbonyl (C=O) groups is 1. The van der Waals surface area contributed by atoms with E-state index in [2.05, 4.69) is 15.2 Å². The van der Waals surface area contributed by atoms with Crippen LogP contribution in [-0.2, 0) is 4.74 Å². The molecule has 138 valence electrons. The number of carbonyl (C=O) groups excluding carboxylic acids is 1. The summed E-state index contributed by atoms with van der Waals surface area (Å²) in [6.07, 6.45) is 1.60. The van der Waals surface area contributed by atoms with Gasteiger partial charge in [0.1, 0.15) is 5.82 Å². The number of nitrogens with two attached hydrogens (primary N) is 1. The highest BCUT2D eigenvalue weighted by Crippen LogP contribution is 2.30. The van der Waals surface area contributed by atoms with Crippen LogP contribution in [0, 0.1) is 0 Å². The third kappa shape index (κ3) is 3.94. The molecule has 1 aliphatic rings.